The lowest BCUT2D eigenvalue weighted by Gasteiger charge is -2.37. The standard InChI is InChI=1S/C27H20BrN3O2/c1-19-17-23-25(18-24(19)31(32)33)30(29-26(23)28)27(20-11-5-2-6-12-20,21-13-7-3-8-14-21)22-15-9-4-10-16-22/h2-18H,1H3. The summed E-state index contributed by atoms with van der Waals surface area (Å²) < 4.78 is 2.56. The summed E-state index contributed by atoms with van der Waals surface area (Å²) >= 11 is 3.62. The summed E-state index contributed by atoms with van der Waals surface area (Å²) in [5, 5.41) is 17.6. The van der Waals surface area contributed by atoms with Crippen LogP contribution in [0.15, 0.2) is 108 Å². The number of hydrogen-bond acceptors (Lipinski definition) is 3. The summed E-state index contributed by atoms with van der Waals surface area (Å²) in [7, 11) is 0. The van der Waals surface area contributed by atoms with E-state index in [0.717, 1.165) is 22.1 Å². The Morgan fingerprint density at radius 1 is 0.818 bits per heavy atom. The van der Waals surface area contributed by atoms with Gasteiger partial charge in [-0.2, -0.15) is 5.10 Å². The Bertz CT molecular complexity index is 1350. The van der Waals surface area contributed by atoms with Gasteiger partial charge in [0.25, 0.3) is 5.69 Å². The molecule has 0 N–H and O–H groups in total. The van der Waals surface area contributed by atoms with Gasteiger partial charge in [0.2, 0.25) is 0 Å². The van der Waals surface area contributed by atoms with Crippen LogP contribution in [0.25, 0.3) is 10.9 Å². The molecule has 33 heavy (non-hydrogen) atoms. The lowest BCUT2D eigenvalue weighted by molar-refractivity contribution is -0.385. The number of nitro benzene ring substituents is 1. The summed E-state index contributed by atoms with van der Waals surface area (Å²) in [6.07, 6.45) is 0. The molecule has 0 saturated heterocycles. The fraction of sp³-hybridized carbons (Fsp3) is 0.0741. The average Bonchev–Trinajstić information content (AvgIpc) is 3.16. The van der Waals surface area contributed by atoms with E-state index in [9.17, 15) is 10.1 Å². The second-order valence-electron chi connectivity index (χ2n) is 7.92. The van der Waals surface area contributed by atoms with Crippen LogP contribution in [0.2, 0.25) is 0 Å². The van der Waals surface area contributed by atoms with Gasteiger partial charge in [-0.3, -0.25) is 10.1 Å². The molecule has 0 bridgehead atoms. The van der Waals surface area contributed by atoms with Crippen LogP contribution in [0.4, 0.5) is 5.69 Å². The molecule has 0 aliphatic heterocycles. The number of halogens is 1. The SMILES string of the molecule is Cc1cc2c(Br)nn(C(c3ccccc3)(c3ccccc3)c3ccccc3)c2cc1[N+](=O)[O-]. The van der Waals surface area contributed by atoms with E-state index in [1.54, 1.807) is 13.0 Å². The zero-order valence-corrected chi connectivity index (χ0v) is 19.4. The van der Waals surface area contributed by atoms with Gasteiger partial charge in [0.1, 0.15) is 10.1 Å². The molecule has 1 heterocycles. The Hall–Kier alpha value is -3.77. The minimum Gasteiger partial charge on any atom is -0.258 e. The maximum Gasteiger partial charge on any atom is 0.274 e. The summed E-state index contributed by atoms with van der Waals surface area (Å²) in [5.41, 5.74) is 3.50. The Morgan fingerprint density at radius 3 is 1.70 bits per heavy atom. The number of fused-ring (bicyclic) bond motifs is 1. The van der Waals surface area contributed by atoms with E-state index in [0.29, 0.717) is 15.7 Å². The molecule has 0 radical (unpaired) electrons. The lowest BCUT2D eigenvalue weighted by atomic mass is 9.77. The maximum atomic E-state index is 11.8. The van der Waals surface area contributed by atoms with Gasteiger partial charge in [-0.05, 0) is 45.6 Å². The summed E-state index contributed by atoms with van der Waals surface area (Å²) in [6.45, 7) is 1.75. The minimum absolute atomic E-state index is 0.0687. The Labute approximate surface area is 199 Å². The zero-order valence-electron chi connectivity index (χ0n) is 17.9. The molecular formula is C27H20BrN3O2. The second kappa shape index (κ2) is 8.30. The molecule has 5 nitrogen and oxygen atoms in total. The van der Waals surface area contributed by atoms with Crippen molar-refractivity contribution in [1.29, 1.82) is 0 Å². The predicted molar refractivity (Wildman–Crippen MR) is 133 cm³/mol. The van der Waals surface area contributed by atoms with E-state index in [2.05, 4.69) is 52.3 Å². The number of rotatable bonds is 5. The highest BCUT2D eigenvalue weighted by molar-refractivity contribution is 9.10. The van der Waals surface area contributed by atoms with Gasteiger partial charge in [0.05, 0.1) is 10.4 Å². The molecule has 5 aromatic rings. The van der Waals surface area contributed by atoms with Crippen LogP contribution in [0.3, 0.4) is 0 Å². The van der Waals surface area contributed by atoms with Crippen LogP contribution in [-0.4, -0.2) is 14.7 Å². The third-order valence-corrected chi connectivity index (χ3v) is 6.63. The molecule has 0 aliphatic carbocycles. The van der Waals surface area contributed by atoms with Gasteiger partial charge < -0.3 is 0 Å². The summed E-state index contributed by atoms with van der Waals surface area (Å²) in [5.74, 6) is 0. The molecule has 4 aromatic carbocycles. The van der Waals surface area contributed by atoms with E-state index < -0.39 is 5.54 Å². The van der Waals surface area contributed by atoms with Crippen LogP contribution in [0.1, 0.15) is 22.3 Å². The molecule has 0 aliphatic rings. The quantitative estimate of drug-likeness (QED) is 0.151. The van der Waals surface area contributed by atoms with Crippen molar-refractivity contribution in [2.45, 2.75) is 12.5 Å². The highest BCUT2D eigenvalue weighted by Crippen LogP contribution is 2.44. The highest BCUT2D eigenvalue weighted by Gasteiger charge is 2.41. The van der Waals surface area contributed by atoms with E-state index >= 15 is 0 Å². The van der Waals surface area contributed by atoms with Crippen LogP contribution >= 0.6 is 15.9 Å². The molecule has 0 amide bonds. The van der Waals surface area contributed by atoms with Gasteiger partial charge >= 0.3 is 0 Å². The van der Waals surface area contributed by atoms with Crippen molar-refractivity contribution in [3.8, 4) is 0 Å². The zero-order chi connectivity index (χ0) is 23.0. The first-order valence-corrected chi connectivity index (χ1v) is 11.3. The fourth-order valence-corrected chi connectivity index (χ4v) is 5.05. The molecule has 0 spiro atoms. The van der Waals surface area contributed by atoms with Crippen molar-refractivity contribution >= 4 is 32.5 Å². The third-order valence-electron chi connectivity index (χ3n) is 6.04. The Kier molecular flexibility index (Phi) is 5.30. The van der Waals surface area contributed by atoms with Gasteiger partial charge in [-0.15, -0.1) is 0 Å². The fourth-order valence-electron chi connectivity index (χ4n) is 4.58. The van der Waals surface area contributed by atoms with Crippen LogP contribution in [0, 0.1) is 17.0 Å². The molecule has 1 aromatic heterocycles. The number of benzene rings is 4. The van der Waals surface area contributed by atoms with Gasteiger partial charge in [0, 0.05) is 17.0 Å². The topological polar surface area (TPSA) is 61.0 Å². The lowest BCUT2D eigenvalue weighted by Crippen LogP contribution is -2.38. The third kappa shape index (κ3) is 3.34. The van der Waals surface area contributed by atoms with Crippen molar-refractivity contribution in [2.24, 2.45) is 0 Å². The van der Waals surface area contributed by atoms with Crippen molar-refractivity contribution in [3.05, 3.63) is 140 Å². The molecule has 0 fully saturated rings. The average molecular weight is 498 g/mol. The predicted octanol–water partition coefficient (Wildman–Crippen LogP) is 6.86. The first-order chi connectivity index (χ1) is 16.0. The number of aromatic nitrogens is 2. The van der Waals surface area contributed by atoms with Gasteiger partial charge in [-0.25, -0.2) is 4.68 Å². The van der Waals surface area contributed by atoms with Crippen molar-refractivity contribution in [1.82, 2.24) is 9.78 Å². The van der Waals surface area contributed by atoms with Gasteiger partial charge in [0.15, 0.2) is 0 Å². The summed E-state index contributed by atoms with van der Waals surface area (Å²) in [6, 6.07) is 33.9. The van der Waals surface area contributed by atoms with Crippen LogP contribution in [0.5, 0.6) is 0 Å². The van der Waals surface area contributed by atoms with E-state index in [1.165, 1.54) is 0 Å². The normalized spacial score (nSPS) is 11.6. The molecule has 5 rings (SSSR count). The Morgan fingerprint density at radius 2 is 1.27 bits per heavy atom. The monoisotopic (exact) mass is 497 g/mol. The minimum atomic E-state index is -0.850. The molecular weight excluding hydrogens is 478 g/mol. The number of aryl methyl sites for hydroxylation is 1. The highest BCUT2D eigenvalue weighted by atomic mass is 79.9. The molecule has 162 valence electrons. The van der Waals surface area contributed by atoms with Crippen molar-refractivity contribution in [3.63, 3.8) is 0 Å². The van der Waals surface area contributed by atoms with E-state index in [4.69, 9.17) is 5.10 Å². The first-order valence-electron chi connectivity index (χ1n) is 10.5. The van der Waals surface area contributed by atoms with Gasteiger partial charge in [-0.1, -0.05) is 91.0 Å². The smallest absolute Gasteiger partial charge is 0.258 e. The van der Waals surface area contributed by atoms with Crippen molar-refractivity contribution < 1.29 is 4.92 Å². The van der Waals surface area contributed by atoms with Crippen LogP contribution in [-0.2, 0) is 5.54 Å². The maximum absolute atomic E-state index is 11.8. The number of nitro groups is 1. The first kappa shape index (κ1) is 21.1. The number of hydrogen-bond donors (Lipinski definition) is 0. The molecule has 0 saturated carbocycles. The molecule has 6 heteroatoms. The van der Waals surface area contributed by atoms with E-state index in [1.807, 2.05) is 65.3 Å². The van der Waals surface area contributed by atoms with Crippen LogP contribution < -0.4 is 0 Å². The second-order valence-corrected chi connectivity index (χ2v) is 8.68. The molecule has 0 atom stereocenters. The molecule has 0 unspecified atom stereocenters. The Balaban J connectivity index is 1.99. The number of nitrogens with zero attached hydrogens (tertiary/aromatic N) is 3. The summed E-state index contributed by atoms with van der Waals surface area (Å²) in [4.78, 5) is 11.5. The van der Waals surface area contributed by atoms with E-state index in [-0.39, 0.29) is 10.6 Å². The van der Waals surface area contributed by atoms with Crippen molar-refractivity contribution in [2.75, 3.05) is 0 Å². The largest absolute Gasteiger partial charge is 0.274 e.